The van der Waals surface area contributed by atoms with Crippen LogP contribution in [0.15, 0.2) is 24.3 Å². The number of carbonyl (C=O) groups is 1. The molecule has 1 aromatic carbocycles. The van der Waals surface area contributed by atoms with Crippen LogP contribution in [0.4, 0.5) is 0 Å². The Morgan fingerprint density at radius 3 is 2.58 bits per heavy atom. The minimum Gasteiger partial charge on any atom is -0.497 e. The fraction of sp³-hybridized carbons (Fsp3) is 0.533. The predicted molar refractivity (Wildman–Crippen MR) is 73.3 cm³/mol. The molecule has 1 aliphatic carbocycles. The molecule has 4 nitrogen and oxygen atoms in total. The first kappa shape index (κ1) is 12.5. The van der Waals surface area contributed by atoms with Gasteiger partial charge in [0.05, 0.1) is 7.11 Å². The monoisotopic (exact) mass is 260 g/mol. The number of ether oxygens (including phenoxy) is 1. The maximum absolute atomic E-state index is 12.3. The van der Waals surface area contributed by atoms with Crippen LogP contribution in [0, 0.1) is 5.92 Å². The zero-order valence-electron chi connectivity index (χ0n) is 11.3. The van der Waals surface area contributed by atoms with E-state index in [1.807, 2.05) is 17.0 Å². The first-order chi connectivity index (χ1) is 9.29. The van der Waals surface area contributed by atoms with Crippen molar-refractivity contribution in [1.29, 1.82) is 0 Å². The van der Waals surface area contributed by atoms with Gasteiger partial charge >= 0.3 is 0 Å². The number of hydrogen-bond donors (Lipinski definition) is 1. The predicted octanol–water partition coefficient (Wildman–Crippen LogP) is 1.23. The molecular formula is C15H20N2O2. The summed E-state index contributed by atoms with van der Waals surface area (Å²) >= 11 is 0. The standard InChI is InChI=1S/C15H20N2O2/c1-19-12-4-2-11(3-5-12)13-10-14(13)15(18)17-8-6-16-7-9-17/h2-5,13-14,16H,6-10H2,1H3/t13-,14+/m1/s1. The smallest absolute Gasteiger partial charge is 0.226 e. The molecule has 0 aromatic heterocycles. The van der Waals surface area contributed by atoms with Crippen molar-refractivity contribution >= 4 is 5.91 Å². The topological polar surface area (TPSA) is 41.6 Å². The largest absolute Gasteiger partial charge is 0.497 e. The second-order valence-corrected chi connectivity index (χ2v) is 5.30. The fourth-order valence-corrected chi connectivity index (χ4v) is 2.81. The first-order valence-corrected chi connectivity index (χ1v) is 6.93. The van der Waals surface area contributed by atoms with E-state index < -0.39 is 0 Å². The molecule has 1 saturated carbocycles. The summed E-state index contributed by atoms with van der Waals surface area (Å²) < 4.78 is 5.16. The van der Waals surface area contributed by atoms with E-state index in [1.54, 1.807) is 7.11 Å². The third-order valence-corrected chi connectivity index (χ3v) is 4.08. The van der Waals surface area contributed by atoms with Crippen molar-refractivity contribution in [3.8, 4) is 5.75 Å². The van der Waals surface area contributed by atoms with Crippen molar-refractivity contribution in [2.24, 2.45) is 5.92 Å². The Balaban J connectivity index is 1.61. The highest BCUT2D eigenvalue weighted by molar-refractivity contribution is 5.83. The molecule has 1 heterocycles. The molecule has 0 spiro atoms. The number of piperazine rings is 1. The quantitative estimate of drug-likeness (QED) is 0.889. The summed E-state index contributed by atoms with van der Waals surface area (Å²) in [5.74, 6) is 1.82. The average molecular weight is 260 g/mol. The average Bonchev–Trinajstić information content (AvgIpc) is 3.28. The van der Waals surface area contributed by atoms with Gasteiger partial charge in [-0.1, -0.05) is 12.1 Å². The van der Waals surface area contributed by atoms with Crippen LogP contribution in [0.1, 0.15) is 17.9 Å². The van der Waals surface area contributed by atoms with Gasteiger partial charge in [-0.3, -0.25) is 4.79 Å². The summed E-state index contributed by atoms with van der Waals surface area (Å²) in [4.78, 5) is 14.3. The Bertz CT molecular complexity index is 452. The molecule has 1 aliphatic heterocycles. The molecule has 2 aliphatic rings. The van der Waals surface area contributed by atoms with Crippen LogP contribution in [0.2, 0.25) is 0 Å². The normalized spacial score (nSPS) is 26.1. The maximum atomic E-state index is 12.3. The third-order valence-electron chi connectivity index (χ3n) is 4.08. The number of carbonyl (C=O) groups excluding carboxylic acids is 1. The number of nitrogens with one attached hydrogen (secondary N) is 1. The number of nitrogens with zero attached hydrogens (tertiary/aromatic N) is 1. The molecule has 1 amide bonds. The molecule has 19 heavy (non-hydrogen) atoms. The number of amides is 1. The Hall–Kier alpha value is -1.55. The Labute approximate surface area is 113 Å². The second kappa shape index (κ2) is 5.21. The van der Waals surface area contributed by atoms with Gasteiger partial charge in [-0.25, -0.2) is 0 Å². The molecule has 1 N–H and O–H groups in total. The van der Waals surface area contributed by atoms with E-state index >= 15 is 0 Å². The maximum Gasteiger partial charge on any atom is 0.226 e. The van der Waals surface area contributed by atoms with E-state index in [1.165, 1.54) is 5.56 Å². The molecule has 0 radical (unpaired) electrons. The van der Waals surface area contributed by atoms with E-state index in [9.17, 15) is 4.79 Å². The van der Waals surface area contributed by atoms with Crippen LogP contribution in [0.5, 0.6) is 5.75 Å². The van der Waals surface area contributed by atoms with Gasteiger partial charge in [-0.05, 0) is 30.0 Å². The number of hydrogen-bond acceptors (Lipinski definition) is 3. The molecule has 0 bridgehead atoms. The van der Waals surface area contributed by atoms with Crippen molar-refractivity contribution in [3.05, 3.63) is 29.8 Å². The van der Waals surface area contributed by atoms with E-state index in [4.69, 9.17) is 4.74 Å². The molecule has 2 fully saturated rings. The molecule has 102 valence electrons. The highest BCUT2D eigenvalue weighted by Crippen LogP contribution is 2.48. The molecule has 1 aromatic rings. The minimum atomic E-state index is 0.200. The van der Waals surface area contributed by atoms with E-state index in [2.05, 4.69) is 17.4 Å². The van der Waals surface area contributed by atoms with Crippen molar-refractivity contribution in [2.45, 2.75) is 12.3 Å². The van der Waals surface area contributed by atoms with Crippen molar-refractivity contribution < 1.29 is 9.53 Å². The summed E-state index contributed by atoms with van der Waals surface area (Å²) in [7, 11) is 1.67. The molecule has 3 rings (SSSR count). The Kier molecular flexibility index (Phi) is 3.42. The van der Waals surface area contributed by atoms with Gasteiger partial charge in [0, 0.05) is 32.1 Å². The number of methoxy groups -OCH3 is 1. The molecule has 1 saturated heterocycles. The lowest BCUT2D eigenvalue weighted by atomic mass is 10.1. The van der Waals surface area contributed by atoms with E-state index in [0.29, 0.717) is 11.8 Å². The number of benzene rings is 1. The zero-order chi connectivity index (χ0) is 13.2. The van der Waals surface area contributed by atoms with Gasteiger partial charge in [0.15, 0.2) is 0 Å². The van der Waals surface area contributed by atoms with Gasteiger partial charge in [0.2, 0.25) is 5.91 Å². The summed E-state index contributed by atoms with van der Waals surface area (Å²) in [6.45, 7) is 3.55. The van der Waals surface area contributed by atoms with Crippen LogP contribution in [0.3, 0.4) is 0 Å². The van der Waals surface area contributed by atoms with Crippen LogP contribution in [-0.4, -0.2) is 44.1 Å². The van der Waals surface area contributed by atoms with E-state index in [0.717, 1.165) is 38.3 Å². The summed E-state index contributed by atoms with van der Waals surface area (Å²) in [5, 5.41) is 3.28. The van der Waals surface area contributed by atoms with Gasteiger partial charge in [0.1, 0.15) is 5.75 Å². The Morgan fingerprint density at radius 1 is 1.26 bits per heavy atom. The molecule has 4 heteroatoms. The van der Waals surface area contributed by atoms with Gasteiger partial charge in [-0.15, -0.1) is 0 Å². The van der Waals surface area contributed by atoms with Crippen molar-refractivity contribution in [2.75, 3.05) is 33.3 Å². The van der Waals surface area contributed by atoms with Gasteiger partial charge < -0.3 is 15.0 Å². The lowest BCUT2D eigenvalue weighted by Gasteiger charge is -2.27. The molecule has 0 unspecified atom stereocenters. The van der Waals surface area contributed by atoms with Crippen LogP contribution >= 0.6 is 0 Å². The fourth-order valence-electron chi connectivity index (χ4n) is 2.81. The van der Waals surface area contributed by atoms with Crippen molar-refractivity contribution in [3.63, 3.8) is 0 Å². The van der Waals surface area contributed by atoms with Gasteiger partial charge in [0.25, 0.3) is 0 Å². The van der Waals surface area contributed by atoms with E-state index in [-0.39, 0.29) is 5.92 Å². The lowest BCUT2D eigenvalue weighted by Crippen LogP contribution is -2.47. The van der Waals surface area contributed by atoms with Gasteiger partial charge in [-0.2, -0.15) is 0 Å². The Morgan fingerprint density at radius 2 is 1.95 bits per heavy atom. The SMILES string of the molecule is COc1ccc([C@H]2C[C@@H]2C(=O)N2CCNCC2)cc1. The number of rotatable bonds is 3. The first-order valence-electron chi connectivity index (χ1n) is 6.93. The zero-order valence-corrected chi connectivity index (χ0v) is 11.3. The van der Waals surface area contributed by atoms with Crippen LogP contribution in [0.25, 0.3) is 0 Å². The molecular weight excluding hydrogens is 240 g/mol. The third kappa shape index (κ3) is 2.59. The second-order valence-electron chi connectivity index (χ2n) is 5.30. The summed E-state index contributed by atoms with van der Waals surface area (Å²) in [6.07, 6.45) is 0.995. The minimum absolute atomic E-state index is 0.200. The van der Waals surface area contributed by atoms with Crippen molar-refractivity contribution in [1.82, 2.24) is 10.2 Å². The summed E-state index contributed by atoms with van der Waals surface area (Å²) in [6, 6.07) is 8.10. The van der Waals surface area contributed by atoms with Crippen LogP contribution < -0.4 is 10.1 Å². The summed E-state index contributed by atoms with van der Waals surface area (Å²) in [5.41, 5.74) is 1.26. The lowest BCUT2D eigenvalue weighted by molar-refractivity contribution is -0.133. The highest BCUT2D eigenvalue weighted by atomic mass is 16.5. The highest BCUT2D eigenvalue weighted by Gasteiger charge is 2.45. The van der Waals surface area contributed by atoms with Crippen LogP contribution in [-0.2, 0) is 4.79 Å². The molecule has 2 atom stereocenters.